The lowest BCUT2D eigenvalue weighted by atomic mass is 9.86. The highest BCUT2D eigenvalue weighted by molar-refractivity contribution is 8.15. The minimum atomic E-state index is -1.09. The van der Waals surface area contributed by atoms with Crippen LogP contribution in [0.4, 0.5) is 14.5 Å². The number of halogens is 2. The molecule has 166 valence electrons. The zero-order chi connectivity index (χ0) is 23.1. The second-order valence-corrected chi connectivity index (χ2v) is 9.24. The number of anilines is 1. The van der Waals surface area contributed by atoms with E-state index < -0.39 is 28.8 Å². The van der Waals surface area contributed by atoms with Gasteiger partial charge in [-0.2, -0.15) is 4.39 Å². The molecule has 1 fully saturated rings. The van der Waals surface area contributed by atoms with Crippen molar-refractivity contribution >= 4 is 28.5 Å². The van der Waals surface area contributed by atoms with Gasteiger partial charge in [0, 0.05) is 11.5 Å². The van der Waals surface area contributed by atoms with E-state index in [4.69, 9.17) is 16.9 Å². The number of hydrogen-bond acceptors (Lipinski definition) is 8. The number of amidine groups is 1. The summed E-state index contributed by atoms with van der Waals surface area (Å²) in [5.74, 6) is 0.967. The molecule has 1 aliphatic carbocycles. The van der Waals surface area contributed by atoms with Crippen LogP contribution < -0.4 is 15.8 Å². The third kappa shape index (κ3) is 3.75. The van der Waals surface area contributed by atoms with Crippen molar-refractivity contribution in [2.24, 2.45) is 16.6 Å². The van der Waals surface area contributed by atoms with Gasteiger partial charge in [-0.15, -0.1) is 6.42 Å². The minimum Gasteiger partial charge on any atom is -0.463 e. The molecule has 0 spiro atoms. The number of ether oxygens (including phenoxy) is 1. The first-order chi connectivity index (χ1) is 15.2. The van der Waals surface area contributed by atoms with Crippen LogP contribution in [0.15, 0.2) is 23.5 Å². The molecule has 1 saturated carbocycles. The van der Waals surface area contributed by atoms with E-state index in [1.54, 1.807) is 13.8 Å². The van der Waals surface area contributed by atoms with E-state index in [1.165, 1.54) is 30.2 Å². The molecule has 32 heavy (non-hydrogen) atoms. The van der Waals surface area contributed by atoms with Gasteiger partial charge in [-0.25, -0.2) is 19.3 Å². The number of nitrogens with two attached hydrogens (primary N) is 1. The van der Waals surface area contributed by atoms with Crippen molar-refractivity contribution in [1.82, 2.24) is 15.0 Å². The Hall–Kier alpha value is -3.26. The Kier molecular flexibility index (Phi) is 5.50. The number of aliphatic imine (C=N–C) groups is 1. The Morgan fingerprint density at radius 3 is 2.94 bits per heavy atom. The lowest BCUT2D eigenvalue weighted by Gasteiger charge is -2.33. The van der Waals surface area contributed by atoms with Crippen molar-refractivity contribution in [1.29, 1.82) is 0 Å². The molecule has 4 rings (SSSR count). The van der Waals surface area contributed by atoms with E-state index in [0.29, 0.717) is 12.1 Å². The summed E-state index contributed by atoms with van der Waals surface area (Å²) in [6.07, 6.45) is 8.14. The smallest absolute Gasteiger partial charge is 0.276 e. The van der Waals surface area contributed by atoms with E-state index in [9.17, 15) is 13.6 Å². The maximum atomic E-state index is 14.7. The molecule has 11 heteroatoms. The normalized spacial score (nSPS) is 25.8. The van der Waals surface area contributed by atoms with Gasteiger partial charge in [-0.1, -0.05) is 17.7 Å². The summed E-state index contributed by atoms with van der Waals surface area (Å²) >= 11 is 1.19. The zero-order valence-electron chi connectivity index (χ0n) is 17.4. The molecular weight excluding hydrogens is 438 g/mol. The number of nitrogens with one attached hydrogen (secondary N) is 1. The van der Waals surface area contributed by atoms with Crippen molar-refractivity contribution in [2.75, 3.05) is 18.6 Å². The van der Waals surface area contributed by atoms with E-state index in [1.807, 2.05) is 0 Å². The maximum Gasteiger partial charge on any atom is 0.276 e. The van der Waals surface area contributed by atoms with Crippen LogP contribution in [0.5, 0.6) is 5.88 Å². The molecule has 3 atom stereocenters. The lowest BCUT2D eigenvalue weighted by Crippen LogP contribution is -2.37. The van der Waals surface area contributed by atoms with Gasteiger partial charge >= 0.3 is 0 Å². The van der Waals surface area contributed by atoms with Crippen molar-refractivity contribution in [3.8, 4) is 18.2 Å². The highest BCUT2D eigenvalue weighted by Gasteiger charge is 2.66. The van der Waals surface area contributed by atoms with E-state index >= 15 is 0 Å². The third-order valence-corrected chi connectivity index (χ3v) is 6.93. The molecule has 0 aromatic carbocycles. The van der Waals surface area contributed by atoms with Gasteiger partial charge in [0.25, 0.3) is 5.91 Å². The van der Waals surface area contributed by atoms with Gasteiger partial charge in [0.1, 0.15) is 12.4 Å². The summed E-state index contributed by atoms with van der Waals surface area (Å²) in [5.41, 5.74) is 5.60. The summed E-state index contributed by atoms with van der Waals surface area (Å²) in [6.45, 7) is 2.75. The Morgan fingerprint density at radius 1 is 1.47 bits per heavy atom. The van der Waals surface area contributed by atoms with Gasteiger partial charge in [0.2, 0.25) is 11.8 Å². The number of aryl methyl sites for hydroxylation is 1. The van der Waals surface area contributed by atoms with Crippen LogP contribution in [0, 0.1) is 31.1 Å². The van der Waals surface area contributed by atoms with Crippen LogP contribution in [0.1, 0.15) is 35.1 Å². The summed E-state index contributed by atoms with van der Waals surface area (Å²) in [5, 5.41) is 2.85. The van der Waals surface area contributed by atoms with Crippen LogP contribution in [0.3, 0.4) is 0 Å². The fourth-order valence-corrected chi connectivity index (χ4v) is 5.33. The molecule has 8 nitrogen and oxygen atoms in total. The number of carbonyl (C=O) groups excluding carboxylic acids is 1. The highest BCUT2D eigenvalue weighted by Crippen LogP contribution is 2.66. The molecule has 3 heterocycles. The highest BCUT2D eigenvalue weighted by atomic mass is 32.2. The van der Waals surface area contributed by atoms with Crippen molar-refractivity contribution in [2.45, 2.75) is 30.6 Å². The van der Waals surface area contributed by atoms with Crippen molar-refractivity contribution in [3.63, 3.8) is 0 Å². The van der Waals surface area contributed by atoms with Crippen molar-refractivity contribution in [3.05, 3.63) is 41.4 Å². The topological polar surface area (TPSA) is 115 Å². The molecule has 0 saturated heterocycles. The summed E-state index contributed by atoms with van der Waals surface area (Å²) < 4.78 is 32.9. The molecule has 1 amide bonds. The maximum absolute atomic E-state index is 14.7. The number of amides is 1. The number of carbonyl (C=O) groups is 1. The van der Waals surface area contributed by atoms with Gasteiger partial charge in [0.15, 0.2) is 11.8 Å². The SMILES string of the molecule is C#CCOc1cnc(C(=O)Nc2cnc(F)c([C@@]3(C)N=C(N)S[C@@]4(CF)C[C@H]43)c2)c(C)n1. The second kappa shape index (κ2) is 8.02. The fourth-order valence-electron chi connectivity index (χ4n) is 4.00. The second-order valence-electron chi connectivity index (χ2n) is 7.81. The Bertz CT molecular complexity index is 1170. The quantitative estimate of drug-likeness (QED) is 0.505. The molecule has 0 radical (unpaired) electrons. The van der Waals surface area contributed by atoms with Gasteiger partial charge in [0.05, 0.1) is 34.1 Å². The number of rotatable bonds is 6. The van der Waals surface area contributed by atoms with Crippen molar-refractivity contribution < 1.29 is 18.3 Å². The van der Waals surface area contributed by atoms with Gasteiger partial charge < -0.3 is 15.8 Å². The van der Waals surface area contributed by atoms with Crippen LogP contribution in [0.25, 0.3) is 0 Å². The average Bonchev–Trinajstić information content (AvgIpc) is 3.49. The van der Waals surface area contributed by atoms with E-state index in [2.05, 4.69) is 31.2 Å². The molecule has 2 aromatic rings. The molecule has 0 unspecified atom stereocenters. The largest absolute Gasteiger partial charge is 0.463 e. The van der Waals surface area contributed by atoms with Crippen LogP contribution in [0.2, 0.25) is 0 Å². The van der Waals surface area contributed by atoms with E-state index in [0.717, 1.165) is 0 Å². The number of aromatic nitrogens is 3. The number of terminal acetylenes is 1. The Balaban J connectivity index is 1.60. The fraction of sp³-hybridized carbons (Fsp3) is 0.381. The molecule has 2 aromatic heterocycles. The lowest BCUT2D eigenvalue weighted by molar-refractivity contribution is 0.102. The third-order valence-electron chi connectivity index (χ3n) is 5.66. The number of pyridine rings is 1. The number of hydrogen-bond donors (Lipinski definition) is 2. The molecule has 2 aliphatic rings. The number of alkyl halides is 1. The zero-order valence-corrected chi connectivity index (χ0v) is 18.2. The summed E-state index contributed by atoms with van der Waals surface area (Å²) in [6, 6.07) is 1.45. The van der Waals surface area contributed by atoms with E-state index in [-0.39, 0.29) is 40.5 Å². The van der Waals surface area contributed by atoms with Crippen LogP contribution in [-0.2, 0) is 5.54 Å². The summed E-state index contributed by atoms with van der Waals surface area (Å²) in [7, 11) is 0. The molecular formula is C21H20F2N6O2S. The number of thioether (sulfide) groups is 1. The predicted octanol–water partition coefficient (Wildman–Crippen LogP) is 2.59. The average molecular weight is 458 g/mol. The number of nitrogens with zero attached hydrogens (tertiary/aromatic N) is 4. The minimum absolute atomic E-state index is 0.0264. The Morgan fingerprint density at radius 2 is 2.25 bits per heavy atom. The first kappa shape index (κ1) is 22.0. The molecule has 1 aliphatic heterocycles. The Labute approximate surface area is 187 Å². The molecule has 3 N–H and O–H groups in total. The van der Waals surface area contributed by atoms with Gasteiger partial charge in [-0.05, 0) is 26.3 Å². The number of fused-ring (bicyclic) bond motifs is 1. The molecule has 0 bridgehead atoms. The first-order valence-electron chi connectivity index (χ1n) is 9.70. The standard InChI is InChI=1S/C21H20F2N6O2S/c1-4-5-31-15-9-25-16(11(2)27-15)18(30)28-12-6-13(17(23)26-8-12)20(3)14-7-21(14,10-22)32-19(24)29-20/h1,6,8-9,14H,5,7,10H2,2-3H3,(H2,24,29)(H,28,30)/t14-,20+,21+/m0/s1. The predicted molar refractivity (Wildman–Crippen MR) is 117 cm³/mol. The first-order valence-corrected chi connectivity index (χ1v) is 10.5. The monoisotopic (exact) mass is 458 g/mol. The van der Waals surface area contributed by atoms with Gasteiger partial charge in [-0.3, -0.25) is 9.79 Å². The van der Waals surface area contributed by atoms with Crippen LogP contribution in [-0.4, -0.2) is 44.1 Å². The van der Waals surface area contributed by atoms with Crippen LogP contribution >= 0.6 is 11.8 Å². The summed E-state index contributed by atoms with van der Waals surface area (Å²) in [4.78, 5) is 29.2.